The van der Waals surface area contributed by atoms with E-state index in [0.29, 0.717) is 38.4 Å². The highest BCUT2D eigenvalue weighted by atomic mass is 16.4. The fraction of sp³-hybridized carbons (Fsp3) is 0.714. The number of carbonyl (C=O) groups is 2. The minimum Gasteiger partial charge on any atom is -0.481 e. The monoisotopic (exact) mass is 299 g/mol. The van der Waals surface area contributed by atoms with Gasteiger partial charge < -0.3 is 21.3 Å². The quantitative estimate of drug-likeness (QED) is 0.519. The molecule has 0 radical (unpaired) electrons. The third kappa shape index (κ3) is 4.35. The minimum absolute atomic E-state index is 0.139. The van der Waals surface area contributed by atoms with Crippen molar-refractivity contribution in [2.45, 2.75) is 33.1 Å². The van der Waals surface area contributed by atoms with E-state index in [-0.39, 0.29) is 6.42 Å². The largest absolute Gasteiger partial charge is 0.481 e. The summed E-state index contributed by atoms with van der Waals surface area (Å²) in [6.07, 6.45) is 2.75. The molecule has 0 saturated carbocycles. The Bertz CT molecular complexity index is 424. The van der Waals surface area contributed by atoms with E-state index in [1.807, 2.05) is 4.90 Å². The molecule has 21 heavy (non-hydrogen) atoms. The van der Waals surface area contributed by atoms with E-state index in [9.17, 15) is 19.8 Å². The summed E-state index contributed by atoms with van der Waals surface area (Å²) < 4.78 is 0. The van der Waals surface area contributed by atoms with Gasteiger partial charge in [0.15, 0.2) is 0 Å². The van der Waals surface area contributed by atoms with Crippen molar-refractivity contribution in [3.05, 3.63) is 11.9 Å². The number of carboxylic acid groups (broad SMARTS) is 2. The first-order chi connectivity index (χ1) is 9.84. The van der Waals surface area contributed by atoms with Crippen LogP contribution < -0.4 is 11.1 Å². The van der Waals surface area contributed by atoms with Gasteiger partial charge in [0.1, 0.15) is 0 Å². The molecule has 0 aliphatic carbocycles. The minimum atomic E-state index is -1.05. The van der Waals surface area contributed by atoms with E-state index in [0.717, 1.165) is 0 Å². The molecule has 0 bridgehead atoms. The van der Waals surface area contributed by atoms with Crippen molar-refractivity contribution in [2.75, 3.05) is 19.8 Å². The second-order valence-electron chi connectivity index (χ2n) is 5.59. The summed E-state index contributed by atoms with van der Waals surface area (Å²) in [7, 11) is 0. The zero-order valence-electron chi connectivity index (χ0n) is 12.6. The van der Waals surface area contributed by atoms with E-state index >= 15 is 0 Å². The molecule has 0 amide bonds. The lowest BCUT2D eigenvalue weighted by molar-refractivity contribution is -0.154. The number of hydrogen-bond donors (Lipinski definition) is 4. The Morgan fingerprint density at radius 3 is 2.52 bits per heavy atom. The van der Waals surface area contributed by atoms with Crippen LogP contribution >= 0.6 is 0 Å². The molecule has 120 valence electrons. The maximum atomic E-state index is 11.8. The van der Waals surface area contributed by atoms with E-state index in [1.165, 1.54) is 0 Å². The van der Waals surface area contributed by atoms with Crippen molar-refractivity contribution in [1.82, 2.24) is 10.2 Å². The third-order valence-electron chi connectivity index (χ3n) is 4.21. The summed E-state index contributed by atoms with van der Waals surface area (Å²) in [6, 6.07) is 0. The summed E-state index contributed by atoms with van der Waals surface area (Å²) in [5, 5.41) is 21.8. The first-order valence-electron chi connectivity index (χ1n) is 7.22. The maximum absolute atomic E-state index is 11.8. The first-order valence-corrected chi connectivity index (χ1v) is 7.22. The molecule has 1 rings (SSSR count). The van der Waals surface area contributed by atoms with E-state index in [4.69, 9.17) is 5.73 Å². The first kappa shape index (κ1) is 17.3. The van der Waals surface area contributed by atoms with Crippen molar-refractivity contribution in [1.29, 1.82) is 0 Å². The smallest absolute Gasteiger partial charge is 0.310 e. The number of rotatable bonds is 8. The molecule has 0 fully saturated rings. The number of hydrogen-bond acceptors (Lipinski definition) is 5. The SMILES string of the molecule is CCC(CC(CC)(CN1CC=C(N)NC1)C(=O)O)C(=O)O. The number of nitrogens with one attached hydrogen (secondary N) is 1. The van der Waals surface area contributed by atoms with Gasteiger partial charge in [-0.2, -0.15) is 0 Å². The number of nitrogens with zero attached hydrogens (tertiary/aromatic N) is 1. The Morgan fingerprint density at radius 1 is 1.48 bits per heavy atom. The molecule has 7 heteroatoms. The zero-order chi connectivity index (χ0) is 16.0. The van der Waals surface area contributed by atoms with Crippen molar-refractivity contribution in [3.8, 4) is 0 Å². The summed E-state index contributed by atoms with van der Waals surface area (Å²) in [4.78, 5) is 25.0. The molecule has 2 unspecified atom stereocenters. The fourth-order valence-corrected chi connectivity index (χ4v) is 2.62. The molecule has 0 spiro atoms. The maximum Gasteiger partial charge on any atom is 0.310 e. The number of carboxylic acids is 2. The van der Waals surface area contributed by atoms with Gasteiger partial charge in [0, 0.05) is 13.1 Å². The lowest BCUT2D eigenvalue weighted by atomic mass is 9.75. The molecule has 0 aromatic rings. The molecule has 0 aromatic carbocycles. The molecule has 0 aromatic heterocycles. The van der Waals surface area contributed by atoms with Gasteiger partial charge in [0.25, 0.3) is 0 Å². The van der Waals surface area contributed by atoms with Crippen LogP contribution in [0.1, 0.15) is 33.1 Å². The van der Waals surface area contributed by atoms with Crippen molar-refractivity contribution in [2.24, 2.45) is 17.1 Å². The summed E-state index contributed by atoms with van der Waals surface area (Å²) in [5.74, 6) is -1.93. The Morgan fingerprint density at radius 2 is 2.14 bits per heavy atom. The van der Waals surface area contributed by atoms with Gasteiger partial charge in [0.05, 0.1) is 23.8 Å². The molecule has 2 atom stereocenters. The van der Waals surface area contributed by atoms with Gasteiger partial charge >= 0.3 is 11.9 Å². The lowest BCUT2D eigenvalue weighted by Gasteiger charge is -2.37. The average Bonchev–Trinajstić information content (AvgIpc) is 2.45. The van der Waals surface area contributed by atoms with Crippen LogP contribution in [0.3, 0.4) is 0 Å². The standard InChI is InChI=1S/C14H25N3O4/c1-3-10(12(18)19)7-14(4-2,13(20)21)8-17-6-5-11(15)16-9-17/h5,10,16H,3-4,6-9,15H2,1-2H3,(H,18,19)(H,20,21). The summed E-state index contributed by atoms with van der Waals surface area (Å²) in [6.45, 7) is 4.91. The van der Waals surface area contributed by atoms with Crippen LogP contribution in [0, 0.1) is 11.3 Å². The van der Waals surface area contributed by atoms with Gasteiger partial charge in [-0.15, -0.1) is 0 Å². The Balaban J connectivity index is 2.88. The molecule has 5 N–H and O–H groups in total. The van der Waals surface area contributed by atoms with Crippen LogP contribution in [0.4, 0.5) is 0 Å². The van der Waals surface area contributed by atoms with Crippen LogP contribution in [0.2, 0.25) is 0 Å². The van der Waals surface area contributed by atoms with Gasteiger partial charge in [-0.1, -0.05) is 13.8 Å². The van der Waals surface area contributed by atoms with Gasteiger partial charge in [-0.3, -0.25) is 14.5 Å². The Hall–Kier alpha value is -1.76. The number of nitrogens with two attached hydrogens (primary N) is 1. The molecule has 1 aliphatic rings. The predicted octanol–water partition coefficient (Wildman–Crippen LogP) is 0.631. The zero-order valence-corrected chi connectivity index (χ0v) is 12.6. The third-order valence-corrected chi connectivity index (χ3v) is 4.21. The molecule has 1 heterocycles. The molecule has 1 aliphatic heterocycles. The molecular weight excluding hydrogens is 274 g/mol. The normalized spacial score (nSPS) is 20.0. The van der Waals surface area contributed by atoms with Crippen LogP contribution in [-0.4, -0.2) is 46.8 Å². The van der Waals surface area contributed by atoms with E-state index in [1.54, 1.807) is 19.9 Å². The second kappa shape index (κ2) is 7.31. The number of aliphatic carboxylic acids is 2. The van der Waals surface area contributed by atoms with Crippen molar-refractivity contribution < 1.29 is 19.8 Å². The highest BCUT2D eigenvalue weighted by Crippen LogP contribution is 2.33. The van der Waals surface area contributed by atoms with Gasteiger partial charge in [-0.25, -0.2) is 0 Å². The van der Waals surface area contributed by atoms with Crippen LogP contribution in [0.5, 0.6) is 0 Å². The highest BCUT2D eigenvalue weighted by Gasteiger charge is 2.41. The van der Waals surface area contributed by atoms with E-state index in [2.05, 4.69) is 5.32 Å². The van der Waals surface area contributed by atoms with Crippen molar-refractivity contribution >= 4 is 11.9 Å². The second-order valence-corrected chi connectivity index (χ2v) is 5.59. The van der Waals surface area contributed by atoms with Crippen LogP contribution in [0.25, 0.3) is 0 Å². The fourth-order valence-electron chi connectivity index (χ4n) is 2.62. The molecular formula is C14H25N3O4. The molecule has 0 saturated heterocycles. The van der Waals surface area contributed by atoms with Gasteiger partial charge in [-0.05, 0) is 25.3 Å². The predicted molar refractivity (Wildman–Crippen MR) is 78.2 cm³/mol. The average molecular weight is 299 g/mol. The summed E-state index contributed by atoms with van der Waals surface area (Å²) >= 11 is 0. The lowest BCUT2D eigenvalue weighted by Crippen LogP contribution is -2.49. The Kier molecular flexibility index (Phi) is 6.02. The highest BCUT2D eigenvalue weighted by molar-refractivity contribution is 5.77. The van der Waals surface area contributed by atoms with Crippen LogP contribution in [0.15, 0.2) is 11.9 Å². The summed E-state index contributed by atoms with van der Waals surface area (Å²) in [5.41, 5.74) is 4.57. The van der Waals surface area contributed by atoms with Crippen molar-refractivity contribution in [3.63, 3.8) is 0 Å². The van der Waals surface area contributed by atoms with Gasteiger partial charge in [0.2, 0.25) is 0 Å². The topological polar surface area (TPSA) is 116 Å². The van der Waals surface area contributed by atoms with E-state index < -0.39 is 23.3 Å². The van der Waals surface area contributed by atoms with Crippen LogP contribution in [-0.2, 0) is 9.59 Å². The molecule has 7 nitrogen and oxygen atoms in total. The Labute approximate surface area is 124 Å².